The summed E-state index contributed by atoms with van der Waals surface area (Å²) in [6, 6.07) is 16.6. The highest BCUT2D eigenvalue weighted by molar-refractivity contribution is 6.74. The second-order valence-electron chi connectivity index (χ2n) is 13.0. The van der Waals surface area contributed by atoms with Crippen molar-refractivity contribution in [2.45, 2.75) is 109 Å². The van der Waals surface area contributed by atoms with Crippen LogP contribution in [0.2, 0.25) is 18.1 Å². The van der Waals surface area contributed by atoms with Crippen LogP contribution in [0.4, 0.5) is 0 Å². The largest absolute Gasteiger partial charge is 0.497 e. The Morgan fingerprint density at radius 3 is 2.28 bits per heavy atom. The highest BCUT2D eigenvalue weighted by atomic mass is 28.4. The van der Waals surface area contributed by atoms with Crippen molar-refractivity contribution < 1.29 is 38.0 Å². The molecular weight excluding hydrogens is 564 g/mol. The molecule has 1 aliphatic rings. The van der Waals surface area contributed by atoms with E-state index in [2.05, 4.69) is 33.9 Å². The lowest BCUT2D eigenvalue weighted by Crippen LogP contribution is -2.46. The molecule has 1 N–H and O–H groups in total. The summed E-state index contributed by atoms with van der Waals surface area (Å²) in [5.74, 6) is -0.608. The molecule has 0 spiro atoms. The quantitative estimate of drug-likeness (QED) is 0.143. The molecular formula is C34H50O8Si. The summed E-state index contributed by atoms with van der Waals surface area (Å²) in [5.41, 5.74) is 1.42. The van der Waals surface area contributed by atoms with Gasteiger partial charge in [-0.25, -0.2) is 4.79 Å². The van der Waals surface area contributed by atoms with E-state index >= 15 is 0 Å². The predicted octanol–water partition coefficient (Wildman–Crippen LogP) is 6.68. The molecule has 1 fully saturated rings. The number of methoxy groups -OCH3 is 1. The smallest absolute Gasteiger partial charge is 0.338 e. The molecule has 3 rings (SSSR count). The van der Waals surface area contributed by atoms with Crippen molar-refractivity contribution in [2.24, 2.45) is 0 Å². The van der Waals surface area contributed by atoms with Crippen LogP contribution in [0.5, 0.6) is 5.75 Å². The van der Waals surface area contributed by atoms with Crippen molar-refractivity contribution in [1.29, 1.82) is 0 Å². The number of carbonyl (C=O) groups excluding carboxylic acids is 1. The summed E-state index contributed by atoms with van der Waals surface area (Å²) in [6.07, 6.45) is 1.39. The summed E-state index contributed by atoms with van der Waals surface area (Å²) in [5, 5.41) is 9.74. The Labute approximate surface area is 258 Å². The van der Waals surface area contributed by atoms with Gasteiger partial charge < -0.3 is 33.2 Å². The molecule has 1 aliphatic heterocycles. The minimum Gasteiger partial charge on any atom is -0.497 e. The third-order valence-electron chi connectivity index (χ3n) is 8.05. The fraction of sp³-hybridized carbons (Fsp3) is 0.559. The molecule has 9 heteroatoms. The number of hydrogen-bond donors (Lipinski definition) is 1. The van der Waals surface area contributed by atoms with E-state index in [-0.39, 0.29) is 17.7 Å². The summed E-state index contributed by atoms with van der Waals surface area (Å²) >= 11 is 0. The van der Waals surface area contributed by atoms with E-state index in [1.807, 2.05) is 63.3 Å². The van der Waals surface area contributed by atoms with Crippen LogP contribution in [0, 0.1) is 0 Å². The molecule has 43 heavy (non-hydrogen) atoms. The molecule has 1 heterocycles. The summed E-state index contributed by atoms with van der Waals surface area (Å²) in [4.78, 5) is 13.2. The normalized spacial score (nSPS) is 21.0. The number of aliphatic hydroxyl groups excluding tert-OH is 1. The van der Waals surface area contributed by atoms with Crippen molar-refractivity contribution in [3.05, 3.63) is 77.9 Å². The van der Waals surface area contributed by atoms with Crippen molar-refractivity contribution in [3.8, 4) is 5.75 Å². The van der Waals surface area contributed by atoms with E-state index in [9.17, 15) is 9.90 Å². The third kappa shape index (κ3) is 9.99. The Kier molecular flexibility index (Phi) is 12.2. The Morgan fingerprint density at radius 1 is 1.05 bits per heavy atom. The Hall–Kier alpha value is -2.53. The monoisotopic (exact) mass is 614 g/mol. The first-order valence-corrected chi connectivity index (χ1v) is 17.9. The zero-order chi connectivity index (χ0) is 31.8. The Morgan fingerprint density at radius 2 is 1.70 bits per heavy atom. The highest BCUT2D eigenvalue weighted by Crippen LogP contribution is 2.38. The van der Waals surface area contributed by atoms with E-state index < -0.39 is 44.5 Å². The first kappa shape index (κ1) is 35.0. The number of aliphatic hydroxyl groups is 1. The van der Waals surface area contributed by atoms with Gasteiger partial charge in [0.15, 0.2) is 14.1 Å². The van der Waals surface area contributed by atoms with E-state index in [1.165, 1.54) is 0 Å². The SMILES string of the molecule is COc1ccc(CO[C@H](C=CC(OC(=O)c2ccccc2)[C@H]2OC(C)(C)O[C@H]2CCO)[C@H](C)O[Si](C)(C)C(C)(C)C)cc1. The van der Waals surface area contributed by atoms with Crippen LogP contribution >= 0.6 is 0 Å². The molecule has 2 aromatic rings. The maximum Gasteiger partial charge on any atom is 0.338 e. The zero-order valence-corrected chi connectivity index (χ0v) is 28.2. The van der Waals surface area contributed by atoms with Crippen molar-refractivity contribution in [3.63, 3.8) is 0 Å². The fourth-order valence-corrected chi connectivity index (χ4v) is 6.08. The van der Waals surface area contributed by atoms with E-state index in [1.54, 1.807) is 31.4 Å². The summed E-state index contributed by atoms with van der Waals surface area (Å²) < 4.78 is 36.9. The minimum absolute atomic E-state index is 0.0113. The van der Waals surface area contributed by atoms with Crippen LogP contribution in [0.15, 0.2) is 66.7 Å². The van der Waals surface area contributed by atoms with Gasteiger partial charge in [-0.05, 0) is 81.2 Å². The number of rotatable bonds is 14. The maximum atomic E-state index is 13.2. The average Bonchev–Trinajstić information content (AvgIpc) is 3.25. The Bertz CT molecular complexity index is 1170. The van der Waals surface area contributed by atoms with E-state index in [0.29, 0.717) is 18.6 Å². The molecule has 0 radical (unpaired) electrons. The molecule has 8 nitrogen and oxygen atoms in total. The molecule has 5 atom stereocenters. The van der Waals surface area contributed by atoms with Gasteiger partial charge in [-0.3, -0.25) is 0 Å². The Balaban J connectivity index is 1.93. The number of benzene rings is 2. The molecule has 2 aromatic carbocycles. The summed E-state index contributed by atoms with van der Waals surface area (Å²) in [7, 11) is -0.495. The van der Waals surface area contributed by atoms with E-state index in [4.69, 9.17) is 28.1 Å². The molecule has 0 bridgehead atoms. The van der Waals surface area contributed by atoms with Gasteiger partial charge in [0.25, 0.3) is 0 Å². The van der Waals surface area contributed by atoms with Crippen molar-refractivity contribution in [2.75, 3.05) is 13.7 Å². The molecule has 0 saturated carbocycles. The van der Waals surface area contributed by atoms with Gasteiger partial charge >= 0.3 is 5.97 Å². The van der Waals surface area contributed by atoms with Gasteiger partial charge in [-0.2, -0.15) is 0 Å². The summed E-state index contributed by atoms with van der Waals surface area (Å²) in [6.45, 7) is 16.9. The average molecular weight is 615 g/mol. The van der Waals surface area contributed by atoms with E-state index in [0.717, 1.165) is 11.3 Å². The molecule has 238 valence electrons. The van der Waals surface area contributed by atoms with Gasteiger partial charge in [0.1, 0.15) is 24.1 Å². The second-order valence-corrected chi connectivity index (χ2v) is 17.7. The van der Waals surface area contributed by atoms with Crippen LogP contribution in [0.3, 0.4) is 0 Å². The van der Waals surface area contributed by atoms with Crippen LogP contribution < -0.4 is 4.74 Å². The van der Waals surface area contributed by atoms with Crippen LogP contribution in [-0.2, 0) is 30.0 Å². The van der Waals surface area contributed by atoms with Crippen molar-refractivity contribution >= 4 is 14.3 Å². The van der Waals surface area contributed by atoms with Crippen molar-refractivity contribution in [1.82, 2.24) is 0 Å². The number of hydrogen-bond acceptors (Lipinski definition) is 8. The number of carbonyl (C=O) groups is 1. The second kappa shape index (κ2) is 15.0. The first-order valence-electron chi connectivity index (χ1n) is 15.0. The van der Waals surface area contributed by atoms with Gasteiger partial charge in [0.2, 0.25) is 0 Å². The molecule has 1 unspecified atom stereocenters. The topological polar surface area (TPSA) is 92.7 Å². The minimum atomic E-state index is -2.13. The molecule has 0 aromatic heterocycles. The highest BCUT2D eigenvalue weighted by Gasteiger charge is 2.46. The van der Waals surface area contributed by atoms with Crippen LogP contribution in [-0.4, -0.2) is 69.4 Å². The van der Waals surface area contributed by atoms with Crippen LogP contribution in [0.1, 0.15) is 63.9 Å². The van der Waals surface area contributed by atoms with Gasteiger partial charge in [0.05, 0.1) is 31.5 Å². The fourth-order valence-electron chi connectivity index (χ4n) is 4.66. The lowest BCUT2D eigenvalue weighted by atomic mass is 10.0. The standard InChI is InChI=1S/C34H50O8Si/c1-24(42-43(8,9)33(2,3)4)28(38-23-25-15-17-27(37-7)18-16-25)19-20-29(39-32(36)26-13-11-10-12-14-26)31-30(21-22-35)40-34(5,6)41-31/h10-20,24,28-31,35H,21-23H2,1-9H3/t24-,28+,29?,30-,31+/m0/s1. The maximum absolute atomic E-state index is 13.2. The zero-order valence-electron chi connectivity index (χ0n) is 27.2. The first-order chi connectivity index (χ1) is 20.2. The van der Waals surface area contributed by atoms with Gasteiger partial charge in [-0.15, -0.1) is 0 Å². The predicted molar refractivity (Wildman–Crippen MR) is 170 cm³/mol. The van der Waals surface area contributed by atoms with Gasteiger partial charge in [-0.1, -0.05) is 57.2 Å². The molecule has 1 saturated heterocycles. The van der Waals surface area contributed by atoms with Gasteiger partial charge in [0, 0.05) is 6.61 Å². The number of ether oxygens (including phenoxy) is 5. The lowest BCUT2D eigenvalue weighted by Gasteiger charge is -2.40. The van der Waals surface area contributed by atoms with Crippen LogP contribution in [0.25, 0.3) is 0 Å². The third-order valence-corrected chi connectivity index (χ3v) is 12.6. The molecule has 0 amide bonds. The molecule has 0 aliphatic carbocycles. The lowest BCUT2D eigenvalue weighted by molar-refractivity contribution is -0.153. The number of esters is 1.